The molecule has 1 aromatic rings. The van der Waals surface area contributed by atoms with Crippen molar-refractivity contribution in [3.05, 3.63) is 11.3 Å². The number of hydrogen-bond acceptors (Lipinski definition) is 4. The highest BCUT2D eigenvalue weighted by molar-refractivity contribution is 7.80. The molecule has 0 saturated carbocycles. The lowest BCUT2D eigenvalue weighted by Gasteiger charge is -2.10. The van der Waals surface area contributed by atoms with Crippen LogP contribution in [-0.4, -0.2) is 34.1 Å². The average Bonchev–Trinajstić information content (AvgIpc) is 2.48. The molecule has 0 fully saturated rings. The minimum atomic E-state index is 0.196. The van der Waals surface area contributed by atoms with Gasteiger partial charge in [0.25, 0.3) is 0 Å². The molecule has 1 aromatic heterocycles. The summed E-state index contributed by atoms with van der Waals surface area (Å²) in [4.78, 5) is 0.301. The molecule has 0 spiro atoms. The van der Waals surface area contributed by atoms with E-state index in [1.807, 2.05) is 20.8 Å². The molecule has 0 aliphatic rings. The predicted molar refractivity (Wildman–Crippen MR) is 70.4 cm³/mol. The van der Waals surface area contributed by atoms with Crippen molar-refractivity contribution < 1.29 is 9.47 Å². The first-order valence-electron chi connectivity index (χ1n) is 5.51. The van der Waals surface area contributed by atoms with Crippen molar-refractivity contribution in [3.8, 4) is 5.88 Å². The Labute approximate surface area is 107 Å². The van der Waals surface area contributed by atoms with Gasteiger partial charge in [0.05, 0.1) is 24.0 Å². The summed E-state index contributed by atoms with van der Waals surface area (Å²) in [5, 5.41) is 4.23. The maximum atomic E-state index is 5.65. The normalized spacial score (nSPS) is 10.9. The Morgan fingerprint density at radius 3 is 2.65 bits per heavy atom. The van der Waals surface area contributed by atoms with E-state index >= 15 is 0 Å². The molecule has 0 amide bonds. The second-order valence-electron chi connectivity index (χ2n) is 4.02. The van der Waals surface area contributed by atoms with Crippen LogP contribution in [0.5, 0.6) is 5.88 Å². The third-order valence-electron chi connectivity index (χ3n) is 2.19. The van der Waals surface area contributed by atoms with Crippen LogP contribution in [0.1, 0.15) is 25.1 Å². The monoisotopic (exact) mass is 257 g/mol. The molecule has 0 unspecified atom stereocenters. The molecule has 0 bridgehead atoms. The minimum absolute atomic E-state index is 0.196. The Morgan fingerprint density at radius 2 is 2.12 bits per heavy atom. The molecule has 0 atom stereocenters. The van der Waals surface area contributed by atoms with E-state index in [2.05, 4.69) is 5.10 Å². The number of rotatable bonds is 6. The highest BCUT2D eigenvalue weighted by Crippen LogP contribution is 2.20. The third kappa shape index (κ3) is 3.67. The van der Waals surface area contributed by atoms with Crippen molar-refractivity contribution in [3.63, 3.8) is 0 Å². The Bertz CT molecular complexity index is 402. The largest absolute Gasteiger partial charge is 0.475 e. The summed E-state index contributed by atoms with van der Waals surface area (Å²) in [5.41, 5.74) is 7.13. The maximum absolute atomic E-state index is 5.65. The van der Waals surface area contributed by atoms with Crippen molar-refractivity contribution in [1.29, 1.82) is 0 Å². The summed E-state index contributed by atoms with van der Waals surface area (Å²) < 4.78 is 12.6. The van der Waals surface area contributed by atoms with Crippen molar-refractivity contribution in [2.75, 3.05) is 13.2 Å². The highest BCUT2D eigenvalue weighted by atomic mass is 32.1. The molecule has 6 heteroatoms. The van der Waals surface area contributed by atoms with E-state index in [9.17, 15) is 0 Å². The van der Waals surface area contributed by atoms with Crippen LogP contribution >= 0.6 is 12.2 Å². The fraction of sp³-hybridized carbons (Fsp3) is 0.636. The van der Waals surface area contributed by atoms with Gasteiger partial charge in [0.1, 0.15) is 11.6 Å². The van der Waals surface area contributed by atoms with Crippen LogP contribution in [0.15, 0.2) is 0 Å². The quantitative estimate of drug-likeness (QED) is 0.612. The predicted octanol–water partition coefficient (Wildman–Crippen LogP) is 1.17. The second-order valence-corrected chi connectivity index (χ2v) is 4.46. The highest BCUT2D eigenvalue weighted by Gasteiger charge is 2.16. The summed E-state index contributed by atoms with van der Waals surface area (Å²) >= 11 is 4.98. The summed E-state index contributed by atoms with van der Waals surface area (Å²) in [5.74, 6) is 0.599. The van der Waals surface area contributed by atoms with Gasteiger partial charge in [-0.2, -0.15) is 5.10 Å². The number of aryl methyl sites for hydroxylation is 2. The SMILES string of the molecule is Cc1nn(C)c(OCCOC(C)C)c1C(N)=S. The number of ether oxygens (including phenoxy) is 2. The van der Waals surface area contributed by atoms with Crippen LogP contribution in [0.2, 0.25) is 0 Å². The molecular weight excluding hydrogens is 238 g/mol. The Balaban J connectivity index is 2.67. The number of hydrogen-bond donors (Lipinski definition) is 1. The molecular formula is C11H19N3O2S. The molecule has 5 nitrogen and oxygen atoms in total. The van der Waals surface area contributed by atoms with Gasteiger partial charge in [0, 0.05) is 7.05 Å². The van der Waals surface area contributed by atoms with Crippen molar-refractivity contribution in [2.24, 2.45) is 12.8 Å². The van der Waals surface area contributed by atoms with Crippen LogP contribution in [0.4, 0.5) is 0 Å². The zero-order chi connectivity index (χ0) is 13.0. The Morgan fingerprint density at radius 1 is 1.47 bits per heavy atom. The van der Waals surface area contributed by atoms with Gasteiger partial charge in [-0.25, -0.2) is 4.68 Å². The first-order chi connectivity index (χ1) is 7.93. The first kappa shape index (κ1) is 13.9. The average molecular weight is 257 g/mol. The van der Waals surface area contributed by atoms with Gasteiger partial charge < -0.3 is 15.2 Å². The van der Waals surface area contributed by atoms with E-state index in [4.69, 9.17) is 27.4 Å². The van der Waals surface area contributed by atoms with Crippen molar-refractivity contribution in [1.82, 2.24) is 9.78 Å². The topological polar surface area (TPSA) is 62.3 Å². The molecule has 96 valence electrons. The molecule has 2 N–H and O–H groups in total. The van der Waals surface area contributed by atoms with Crippen LogP contribution < -0.4 is 10.5 Å². The fourth-order valence-electron chi connectivity index (χ4n) is 1.51. The molecule has 0 aliphatic heterocycles. The molecule has 0 aliphatic carbocycles. The van der Waals surface area contributed by atoms with Gasteiger partial charge in [0.15, 0.2) is 0 Å². The van der Waals surface area contributed by atoms with Crippen molar-refractivity contribution >= 4 is 17.2 Å². The smallest absolute Gasteiger partial charge is 0.222 e. The zero-order valence-electron chi connectivity index (χ0n) is 10.7. The lowest BCUT2D eigenvalue weighted by molar-refractivity contribution is 0.0533. The Hall–Kier alpha value is -1.14. The van der Waals surface area contributed by atoms with Gasteiger partial charge in [-0.1, -0.05) is 12.2 Å². The maximum Gasteiger partial charge on any atom is 0.222 e. The van der Waals surface area contributed by atoms with Gasteiger partial charge in [-0.15, -0.1) is 0 Å². The van der Waals surface area contributed by atoms with Gasteiger partial charge >= 0.3 is 0 Å². The number of thiocarbonyl (C=S) groups is 1. The fourth-order valence-corrected chi connectivity index (χ4v) is 1.74. The van der Waals surface area contributed by atoms with Crippen LogP contribution in [0.3, 0.4) is 0 Å². The molecule has 0 saturated heterocycles. The molecule has 1 rings (SSSR count). The zero-order valence-corrected chi connectivity index (χ0v) is 11.5. The summed E-state index contributed by atoms with van der Waals surface area (Å²) in [7, 11) is 1.80. The summed E-state index contributed by atoms with van der Waals surface area (Å²) in [6.45, 7) is 6.79. The van der Waals surface area contributed by atoms with Gasteiger partial charge in [0.2, 0.25) is 5.88 Å². The van der Waals surface area contributed by atoms with E-state index in [0.717, 1.165) is 5.69 Å². The molecule has 0 radical (unpaired) electrons. The lowest BCUT2D eigenvalue weighted by Crippen LogP contribution is -2.16. The first-order valence-corrected chi connectivity index (χ1v) is 5.92. The third-order valence-corrected chi connectivity index (χ3v) is 2.39. The van der Waals surface area contributed by atoms with Gasteiger partial charge in [-0.05, 0) is 20.8 Å². The number of nitrogens with two attached hydrogens (primary N) is 1. The van der Waals surface area contributed by atoms with Crippen LogP contribution in [0.25, 0.3) is 0 Å². The van der Waals surface area contributed by atoms with E-state index < -0.39 is 0 Å². The molecule has 1 heterocycles. The molecule has 0 aromatic carbocycles. The van der Waals surface area contributed by atoms with Crippen LogP contribution in [-0.2, 0) is 11.8 Å². The standard InChI is InChI=1S/C11H19N3O2S/c1-7(2)15-5-6-16-11-9(10(12)17)8(3)13-14(11)4/h7H,5-6H2,1-4H3,(H2,12,17). The Kier molecular flexibility index (Phi) is 4.89. The number of nitrogens with zero attached hydrogens (tertiary/aromatic N) is 2. The molecule has 17 heavy (non-hydrogen) atoms. The summed E-state index contributed by atoms with van der Waals surface area (Å²) in [6, 6.07) is 0. The second kappa shape index (κ2) is 5.97. The van der Waals surface area contributed by atoms with Gasteiger partial charge in [-0.3, -0.25) is 0 Å². The minimum Gasteiger partial charge on any atom is -0.475 e. The van der Waals surface area contributed by atoms with E-state index in [1.54, 1.807) is 11.7 Å². The van der Waals surface area contributed by atoms with E-state index in [-0.39, 0.29) is 6.10 Å². The van der Waals surface area contributed by atoms with Crippen LogP contribution in [0, 0.1) is 6.92 Å². The van der Waals surface area contributed by atoms with E-state index in [1.165, 1.54) is 0 Å². The summed E-state index contributed by atoms with van der Waals surface area (Å²) in [6.07, 6.45) is 0.196. The van der Waals surface area contributed by atoms with Crippen molar-refractivity contribution in [2.45, 2.75) is 26.9 Å². The van der Waals surface area contributed by atoms with E-state index in [0.29, 0.717) is 29.6 Å². The lowest BCUT2D eigenvalue weighted by atomic mass is 10.2. The number of aromatic nitrogens is 2.